The summed E-state index contributed by atoms with van der Waals surface area (Å²) < 4.78 is 0. The van der Waals surface area contributed by atoms with Gasteiger partial charge >= 0.3 is 0 Å². The number of hydrogen-bond acceptors (Lipinski definition) is 2. The summed E-state index contributed by atoms with van der Waals surface area (Å²) in [5.74, 6) is 0.378. The first kappa shape index (κ1) is 11.4. The van der Waals surface area contributed by atoms with Gasteiger partial charge in [-0.1, -0.05) is 23.7 Å². The molecule has 2 atom stereocenters. The number of nitriles is 1. The highest BCUT2D eigenvalue weighted by atomic mass is 35.5. The van der Waals surface area contributed by atoms with Crippen molar-refractivity contribution in [3.63, 3.8) is 0 Å². The number of hydrogen-bond donors (Lipinski definition) is 1. The molecule has 2 unspecified atom stereocenters. The molecule has 0 amide bonds. The maximum Gasteiger partial charge on any atom is 0.0753 e. The fraction of sp³-hybridized carbons (Fsp3) is 0.462. The predicted molar refractivity (Wildman–Crippen MR) is 65.4 cm³/mol. The van der Waals surface area contributed by atoms with E-state index in [1.54, 1.807) is 0 Å². The summed E-state index contributed by atoms with van der Waals surface area (Å²) in [4.78, 5) is 0. The van der Waals surface area contributed by atoms with Crippen molar-refractivity contribution in [1.29, 1.82) is 5.26 Å². The van der Waals surface area contributed by atoms with Crippen LogP contribution in [0, 0.1) is 17.2 Å². The van der Waals surface area contributed by atoms with Crippen LogP contribution < -0.4 is 5.32 Å². The summed E-state index contributed by atoms with van der Waals surface area (Å²) in [5.41, 5.74) is 1.05. The van der Waals surface area contributed by atoms with Crippen molar-refractivity contribution in [3.05, 3.63) is 34.9 Å². The molecule has 2 nitrogen and oxygen atoms in total. The molecular weight excluding hydrogens is 220 g/mol. The molecule has 0 saturated carbocycles. The summed E-state index contributed by atoms with van der Waals surface area (Å²) >= 11 is 5.96. The lowest BCUT2D eigenvalue weighted by Gasteiger charge is -2.26. The molecule has 0 spiro atoms. The van der Waals surface area contributed by atoms with E-state index in [4.69, 9.17) is 11.6 Å². The van der Waals surface area contributed by atoms with Gasteiger partial charge in [-0.3, -0.25) is 0 Å². The van der Waals surface area contributed by atoms with Crippen LogP contribution >= 0.6 is 11.6 Å². The fourth-order valence-corrected chi connectivity index (χ4v) is 2.51. The number of nitrogens with zero attached hydrogens (tertiary/aromatic N) is 1. The Balaban J connectivity index is 2.18. The van der Waals surface area contributed by atoms with Crippen molar-refractivity contribution in [2.45, 2.75) is 18.8 Å². The fourth-order valence-electron chi connectivity index (χ4n) is 2.32. The number of piperidine rings is 1. The second-order valence-corrected chi connectivity index (χ2v) is 4.70. The Labute approximate surface area is 101 Å². The molecule has 0 radical (unpaired) electrons. The SMILES string of the molecule is N#CC(c1cccc(Cl)c1)C1CCCNC1. The summed E-state index contributed by atoms with van der Waals surface area (Å²) in [6.07, 6.45) is 2.28. The Kier molecular flexibility index (Phi) is 3.82. The van der Waals surface area contributed by atoms with Gasteiger partial charge in [-0.05, 0) is 49.5 Å². The third-order valence-electron chi connectivity index (χ3n) is 3.15. The van der Waals surface area contributed by atoms with Crippen LogP contribution in [0.1, 0.15) is 24.3 Å². The Morgan fingerprint density at radius 1 is 1.50 bits per heavy atom. The van der Waals surface area contributed by atoms with Gasteiger partial charge in [0.1, 0.15) is 0 Å². The molecule has 1 aromatic carbocycles. The average molecular weight is 235 g/mol. The van der Waals surface area contributed by atoms with E-state index in [1.807, 2.05) is 24.3 Å². The first-order valence-corrected chi connectivity index (χ1v) is 6.05. The predicted octanol–water partition coefficient (Wildman–Crippen LogP) is 2.95. The number of rotatable bonds is 2. The van der Waals surface area contributed by atoms with Crippen molar-refractivity contribution in [1.82, 2.24) is 5.32 Å². The van der Waals surface area contributed by atoms with E-state index in [9.17, 15) is 5.26 Å². The minimum absolute atomic E-state index is 0.0356. The molecule has 16 heavy (non-hydrogen) atoms. The second-order valence-electron chi connectivity index (χ2n) is 4.27. The third-order valence-corrected chi connectivity index (χ3v) is 3.39. The Bertz CT molecular complexity index is 391. The zero-order valence-electron chi connectivity index (χ0n) is 9.12. The van der Waals surface area contributed by atoms with Crippen molar-refractivity contribution >= 4 is 11.6 Å². The molecule has 2 rings (SSSR count). The van der Waals surface area contributed by atoms with Gasteiger partial charge in [-0.15, -0.1) is 0 Å². The van der Waals surface area contributed by atoms with Gasteiger partial charge in [0, 0.05) is 5.02 Å². The van der Waals surface area contributed by atoms with E-state index >= 15 is 0 Å². The van der Waals surface area contributed by atoms with E-state index in [0.717, 1.165) is 31.5 Å². The van der Waals surface area contributed by atoms with Gasteiger partial charge in [-0.2, -0.15) is 5.26 Å². The molecule has 84 valence electrons. The zero-order valence-corrected chi connectivity index (χ0v) is 9.87. The quantitative estimate of drug-likeness (QED) is 0.854. The molecule has 0 bridgehead atoms. The van der Waals surface area contributed by atoms with Crippen LogP contribution in [0.2, 0.25) is 5.02 Å². The number of benzene rings is 1. The van der Waals surface area contributed by atoms with E-state index in [0.29, 0.717) is 10.9 Å². The van der Waals surface area contributed by atoms with Crippen LogP contribution in [0.3, 0.4) is 0 Å². The Hall–Kier alpha value is -1.04. The van der Waals surface area contributed by atoms with Gasteiger partial charge in [0.05, 0.1) is 12.0 Å². The molecule has 0 aromatic heterocycles. The number of halogens is 1. The highest BCUT2D eigenvalue weighted by molar-refractivity contribution is 6.30. The van der Waals surface area contributed by atoms with E-state index in [-0.39, 0.29) is 5.92 Å². The maximum absolute atomic E-state index is 9.30. The first-order valence-electron chi connectivity index (χ1n) is 5.67. The lowest BCUT2D eigenvalue weighted by atomic mass is 9.82. The van der Waals surface area contributed by atoms with Crippen molar-refractivity contribution in [2.24, 2.45) is 5.92 Å². The second kappa shape index (κ2) is 5.34. The van der Waals surface area contributed by atoms with Crippen LogP contribution in [0.4, 0.5) is 0 Å². The van der Waals surface area contributed by atoms with Gasteiger partial charge in [0.2, 0.25) is 0 Å². The van der Waals surface area contributed by atoms with E-state index in [2.05, 4.69) is 11.4 Å². The minimum atomic E-state index is -0.0356. The average Bonchev–Trinajstić information content (AvgIpc) is 2.31. The van der Waals surface area contributed by atoms with Crippen LogP contribution in [0.25, 0.3) is 0 Å². The molecular formula is C13H15ClN2. The van der Waals surface area contributed by atoms with Crippen molar-refractivity contribution in [2.75, 3.05) is 13.1 Å². The van der Waals surface area contributed by atoms with Crippen LogP contribution in [0.15, 0.2) is 24.3 Å². The standard InChI is InChI=1S/C13H15ClN2/c14-12-5-1-3-10(7-12)13(8-15)11-4-2-6-16-9-11/h1,3,5,7,11,13,16H,2,4,6,9H2. The monoisotopic (exact) mass is 234 g/mol. The highest BCUT2D eigenvalue weighted by Crippen LogP contribution is 2.30. The summed E-state index contributed by atoms with van der Waals surface area (Å²) in [5, 5.41) is 13.4. The zero-order chi connectivity index (χ0) is 11.4. The largest absolute Gasteiger partial charge is 0.316 e. The van der Waals surface area contributed by atoms with E-state index in [1.165, 1.54) is 0 Å². The molecule has 3 heteroatoms. The molecule has 1 N–H and O–H groups in total. The Morgan fingerprint density at radius 3 is 3.00 bits per heavy atom. The van der Waals surface area contributed by atoms with E-state index < -0.39 is 0 Å². The molecule has 0 aliphatic carbocycles. The van der Waals surface area contributed by atoms with Gasteiger partial charge in [0.25, 0.3) is 0 Å². The molecule has 1 aromatic rings. The number of nitrogens with one attached hydrogen (secondary N) is 1. The van der Waals surface area contributed by atoms with Crippen molar-refractivity contribution < 1.29 is 0 Å². The third kappa shape index (κ3) is 2.55. The first-order chi connectivity index (χ1) is 7.81. The molecule has 1 aliphatic rings. The minimum Gasteiger partial charge on any atom is -0.316 e. The molecule has 1 heterocycles. The molecule has 1 aliphatic heterocycles. The Morgan fingerprint density at radius 2 is 2.38 bits per heavy atom. The summed E-state index contributed by atoms with van der Waals surface area (Å²) in [7, 11) is 0. The summed E-state index contributed by atoms with van der Waals surface area (Å²) in [6, 6.07) is 10.1. The van der Waals surface area contributed by atoms with Crippen LogP contribution in [-0.2, 0) is 0 Å². The lowest BCUT2D eigenvalue weighted by Crippen LogP contribution is -2.32. The van der Waals surface area contributed by atoms with Gasteiger partial charge in [0.15, 0.2) is 0 Å². The van der Waals surface area contributed by atoms with Crippen LogP contribution in [0.5, 0.6) is 0 Å². The maximum atomic E-state index is 9.30. The van der Waals surface area contributed by atoms with Crippen LogP contribution in [-0.4, -0.2) is 13.1 Å². The topological polar surface area (TPSA) is 35.8 Å². The smallest absolute Gasteiger partial charge is 0.0753 e. The molecule has 1 saturated heterocycles. The highest BCUT2D eigenvalue weighted by Gasteiger charge is 2.24. The van der Waals surface area contributed by atoms with Crippen molar-refractivity contribution in [3.8, 4) is 6.07 Å². The summed E-state index contributed by atoms with van der Waals surface area (Å²) in [6.45, 7) is 2.01. The lowest BCUT2D eigenvalue weighted by molar-refractivity contribution is 0.354. The van der Waals surface area contributed by atoms with Gasteiger partial charge < -0.3 is 5.32 Å². The van der Waals surface area contributed by atoms with Gasteiger partial charge in [-0.25, -0.2) is 0 Å². The molecule has 1 fully saturated rings. The normalized spacial score (nSPS) is 22.4.